The van der Waals surface area contributed by atoms with Crippen LogP contribution >= 0.6 is 0 Å². The van der Waals surface area contributed by atoms with Gasteiger partial charge in [0.25, 0.3) is 0 Å². The van der Waals surface area contributed by atoms with E-state index in [1.807, 2.05) is 10.8 Å². The molecule has 0 atom stereocenters. The van der Waals surface area contributed by atoms with E-state index in [1.54, 1.807) is 6.20 Å². The summed E-state index contributed by atoms with van der Waals surface area (Å²) >= 11 is 0. The lowest BCUT2D eigenvalue weighted by molar-refractivity contribution is -0.137. The van der Waals surface area contributed by atoms with Crippen LogP contribution in [0.4, 0.5) is 24.8 Å². The molecule has 1 heterocycles. The Labute approximate surface area is 115 Å². The summed E-state index contributed by atoms with van der Waals surface area (Å²) < 4.78 is 39.3. The van der Waals surface area contributed by atoms with Crippen molar-refractivity contribution in [3.05, 3.63) is 42.2 Å². The average molecular weight is 283 g/mol. The Kier molecular flexibility index (Phi) is 4.01. The maximum absolute atomic E-state index is 12.5. The Hall–Kier alpha value is -1.98. The minimum atomic E-state index is -4.31. The van der Waals surface area contributed by atoms with Crippen molar-refractivity contribution in [2.45, 2.75) is 26.6 Å². The summed E-state index contributed by atoms with van der Waals surface area (Å²) in [6.07, 6.45) is -0.810. The maximum atomic E-state index is 12.5. The number of hydrogen-bond acceptors (Lipinski definition) is 2. The standard InChI is InChI=1S/C14H16F3N3/c1-10(2)9-20-8-7-18-13(20)19-12-5-3-11(4-6-12)14(15,16)17/h3-8,10H,9H2,1-2H3,(H,18,19). The molecule has 0 bridgehead atoms. The van der Waals surface area contributed by atoms with Gasteiger partial charge in [0.2, 0.25) is 5.95 Å². The molecule has 108 valence electrons. The number of nitrogens with zero attached hydrogens (tertiary/aromatic N) is 2. The summed E-state index contributed by atoms with van der Waals surface area (Å²) in [5.41, 5.74) is -0.0808. The van der Waals surface area contributed by atoms with E-state index in [-0.39, 0.29) is 0 Å². The van der Waals surface area contributed by atoms with Gasteiger partial charge in [-0.1, -0.05) is 13.8 Å². The van der Waals surface area contributed by atoms with Gasteiger partial charge in [0.15, 0.2) is 0 Å². The van der Waals surface area contributed by atoms with Crippen molar-refractivity contribution in [3.63, 3.8) is 0 Å². The molecule has 0 aliphatic carbocycles. The highest BCUT2D eigenvalue weighted by Crippen LogP contribution is 2.30. The lowest BCUT2D eigenvalue weighted by atomic mass is 10.2. The largest absolute Gasteiger partial charge is 0.416 e. The summed E-state index contributed by atoms with van der Waals surface area (Å²) in [6.45, 7) is 4.97. The van der Waals surface area contributed by atoms with E-state index in [9.17, 15) is 13.2 Å². The second kappa shape index (κ2) is 5.56. The maximum Gasteiger partial charge on any atom is 0.416 e. The van der Waals surface area contributed by atoms with Gasteiger partial charge in [-0.25, -0.2) is 4.98 Å². The van der Waals surface area contributed by atoms with E-state index in [1.165, 1.54) is 12.1 Å². The van der Waals surface area contributed by atoms with Gasteiger partial charge in [-0.2, -0.15) is 13.2 Å². The highest BCUT2D eigenvalue weighted by molar-refractivity contribution is 5.54. The van der Waals surface area contributed by atoms with E-state index < -0.39 is 11.7 Å². The van der Waals surface area contributed by atoms with Crippen LogP contribution in [0.3, 0.4) is 0 Å². The predicted molar refractivity (Wildman–Crippen MR) is 71.8 cm³/mol. The van der Waals surface area contributed by atoms with E-state index in [0.29, 0.717) is 17.6 Å². The van der Waals surface area contributed by atoms with Crippen molar-refractivity contribution in [2.24, 2.45) is 5.92 Å². The summed E-state index contributed by atoms with van der Waals surface area (Å²) in [4.78, 5) is 4.17. The van der Waals surface area contributed by atoms with Crippen molar-refractivity contribution in [2.75, 3.05) is 5.32 Å². The van der Waals surface area contributed by atoms with E-state index in [0.717, 1.165) is 18.7 Å². The van der Waals surface area contributed by atoms with Crippen molar-refractivity contribution < 1.29 is 13.2 Å². The zero-order valence-electron chi connectivity index (χ0n) is 11.3. The molecule has 6 heteroatoms. The first kappa shape index (κ1) is 14.4. The van der Waals surface area contributed by atoms with Crippen LogP contribution in [0.15, 0.2) is 36.7 Å². The Morgan fingerprint density at radius 3 is 2.40 bits per heavy atom. The molecular weight excluding hydrogens is 267 g/mol. The molecule has 0 aliphatic heterocycles. The number of imidazole rings is 1. The van der Waals surface area contributed by atoms with Crippen molar-refractivity contribution in [3.8, 4) is 0 Å². The number of aromatic nitrogens is 2. The summed E-state index contributed by atoms with van der Waals surface area (Å²) in [5.74, 6) is 1.08. The second-order valence-electron chi connectivity index (χ2n) is 5.00. The van der Waals surface area contributed by atoms with Gasteiger partial charge >= 0.3 is 6.18 Å². The fourth-order valence-corrected chi connectivity index (χ4v) is 1.85. The SMILES string of the molecule is CC(C)Cn1ccnc1Nc1ccc(C(F)(F)F)cc1. The molecule has 1 aromatic carbocycles. The van der Waals surface area contributed by atoms with Crippen LogP contribution in [0.25, 0.3) is 0 Å². The molecule has 0 amide bonds. The van der Waals surface area contributed by atoms with Gasteiger partial charge in [-0.15, -0.1) is 0 Å². The predicted octanol–water partition coefficient (Wildman–Crippen LogP) is 4.30. The Balaban J connectivity index is 2.13. The Morgan fingerprint density at radius 2 is 1.85 bits per heavy atom. The van der Waals surface area contributed by atoms with Crippen LogP contribution in [0.2, 0.25) is 0 Å². The summed E-state index contributed by atoms with van der Waals surface area (Å²) in [5, 5.41) is 3.02. The first-order valence-corrected chi connectivity index (χ1v) is 6.31. The quantitative estimate of drug-likeness (QED) is 0.906. The van der Waals surface area contributed by atoms with E-state index in [4.69, 9.17) is 0 Å². The Bertz CT molecular complexity index is 556. The normalized spacial score (nSPS) is 11.9. The Morgan fingerprint density at radius 1 is 1.20 bits per heavy atom. The molecule has 1 aromatic heterocycles. The van der Waals surface area contributed by atoms with Crippen LogP contribution in [-0.4, -0.2) is 9.55 Å². The zero-order valence-corrected chi connectivity index (χ0v) is 11.3. The number of alkyl halides is 3. The van der Waals surface area contributed by atoms with Crippen molar-refractivity contribution in [1.82, 2.24) is 9.55 Å². The minimum absolute atomic E-state index is 0.456. The van der Waals surface area contributed by atoms with Gasteiger partial charge in [-0.3, -0.25) is 0 Å². The third-order valence-corrected chi connectivity index (χ3v) is 2.75. The number of rotatable bonds is 4. The third kappa shape index (κ3) is 3.53. The molecule has 0 fully saturated rings. The zero-order chi connectivity index (χ0) is 14.8. The molecule has 0 saturated heterocycles. The number of benzene rings is 1. The smallest absolute Gasteiger partial charge is 0.326 e. The summed E-state index contributed by atoms with van der Waals surface area (Å²) in [6, 6.07) is 4.91. The van der Waals surface area contributed by atoms with Gasteiger partial charge < -0.3 is 9.88 Å². The topological polar surface area (TPSA) is 29.9 Å². The fraction of sp³-hybridized carbons (Fsp3) is 0.357. The molecular formula is C14H16F3N3. The molecule has 0 saturated carbocycles. The van der Waals surface area contributed by atoms with Gasteiger partial charge in [0, 0.05) is 24.6 Å². The first-order chi connectivity index (χ1) is 9.36. The lowest BCUT2D eigenvalue weighted by Crippen LogP contribution is -2.08. The molecule has 20 heavy (non-hydrogen) atoms. The molecule has 1 N–H and O–H groups in total. The summed E-state index contributed by atoms with van der Waals surface area (Å²) in [7, 11) is 0. The number of anilines is 2. The highest BCUT2D eigenvalue weighted by atomic mass is 19.4. The molecule has 0 spiro atoms. The van der Waals surface area contributed by atoms with Crippen LogP contribution in [-0.2, 0) is 12.7 Å². The monoisotopic (exact) mass is 283 g/mol. The second-order valence-corrected chi connectivity index (χ2v) is 5.00. The fourth-order valence-electron chi connectivity index (χ4n) is 1.85. The number of hydrogen-bond donors (Lipinski definition) is 1. The van der Waals surface area contributed by atoms with Crippen LogP contribution < -0.4 is 5.32 Å². The number of halogens is 3. The molecule has 2 rings (SSSR count). The van der Waals surface area contributed by atoms with Crippen LogP contribution in [0, 0.1) is 5.92 Å². The molecule has 0 radical (unpaired) electrons. The van der Waals surface area contributed by atoms with Crippen LogP contribution in [0.1, 0.15) is 19.4 Å². The van der Waals surface area contributed by atoms with Crippen molar-refractivity contribution >= 4 is 11.6 Å². The van der Waals surface area contributed by atoms with E-state index >= 15 is 0 Å². The van der Waals surface area contributed by atoms with Crippen LogP contribution in [0.5, 0.6) is 0 Å². The van der Waals surface area contributed by atoms with Gasteiger partial charge in [-0.05, 0) is 30.2 Å². The molecule has 2 aromatic rings. The average Bonchev–Trinajstić information content (AvgIpc) is 2.75. The van der Waals surface area contributed by atoms with Crippen molar-refractivity contribution in [1.29, 1.82) is 0 Å². The van der Waals surface area contributed by atoms with Gasteiger partial charge in [0.05, 0.1) is 5.56 Å². The molecule has 0 unspecified atom stereocenters. The molecule has 3 nitrogen and oxygen atoms in total. The molecule has 0 aliphatic rings. The minimum Gasteiger partial charge on any atom is -0.326 e. The first-order valence-electron chi connectivity index (χ1n) is 6.31. The van der Waals surface area contributed by atoms with Gasteiger partial charge in [0.1, 0.15) is 0 Å². The number of nitrogens with one attached hydrogen (secondary N) is 1. The third-order valence-electron chi connectivity index (χ3n) is 2.75. The highest BCUT2D eigenvalue weighted by Gasteiger charge is 2.29. The van der Waals surface area contributed by atoms with E-state index in [2.05, 4.69) is 24.1 Å². The lowest BCUT2D eigenvalue weighted by Gasteiger charge is -2.12.